The van der Waals surface area contributed by atoms with Gasteiger partial charge in [0.25, 0.3) is 0 Å². The zero-order chi connectivity index (χ0) is 9.26. The predicted octanol–water partition coefficient (Wildman–Crippen LogP) is 0.953. The Morgan fingerprint density at radius 2 is 2.62 bits per heavy atom. The van der Waals surface area contributed by atoms with Crippen molar-refractivity contribution in [3.05, 3.63) is 11.9 Å². The zero-order valence-corrected chi connectivity index (χ0v) is 7.86. The number of nitrogens with two attached hydrogens (primary N) is 1. The smallest absolute Gasteiger partial charge is 0.0771 e. The van der Waals surface area contributed by atoms with Crippen LogP contribution < -0.4 is 5.73 Å². The standard InChI is InChI=1S/C9H15N3O/c1-7-9(10)5-11-12(7)6-8-3-2-4-13-8/h5,8H,2-4,6,10H2,1H3. The molecule has 2 heterocycles. The van der Waals surface area contributed by atoms with Crippen LogP contribution in [0.3, 0.4) is 0 Å². The molecule has 13 heavy (non-hydrogen) atoms. The lowest BCUT2D eigenvalue weighted by atomic mass is 10.2. The van der Waals surface area contributed by atoms with Crippen molar-refractivity contribution in [1.82, 2.24) is 9.78 Å². The van der Waals surface area contributed by atoms with Gasteiger partial charge in [0.1, 0.15) is 0 Å². The maximum absolute atomic E-state index is 5.69. The number of aromatic nitrogens is 2. The van der Waals surface area contributed by atoms with Crippen LogP contribution in [-0.4, -0.2) is 22.5 Å². The summed E-state index contributed by atoms with van der Waals surface area (Å²) in [4.78, 5) is 0. The van der Waals surface area contributed by atoms with Crippen molar-refractivity contribution in [2.45, 2.75) is 32.4 Å². The van der Waals surface area contributed by atoms with Crippen LogP contribution in [0, 0.1) is 6.92 Å². The Hall–Kier alpha value is -1.03. The van der Waals surface area contributed by atoms with Gasteiger partial charge in [-0.25, -0.2) is 0 Å². The average molecular weight is 181 g/mol. The summed E-state index contributed by atoms with van der Waals surface area (Å²) >= 11 is 0. The number of rotatable bonds is 2. The number of nitrogen functional groups attached to an aromatic ring is 1. The number of anilines is 1. The molecule has 0 aromatic carbocycles. The van der Waals surface area contributed by atoms with Crippen molar-refractivity contribution < 1.29 is 4.74 Å². The van der Waals surface area contributed by atoms with Gasteiger partial charge in [-0.05, 0) is 19.8 Å². The van der Waals surface area contributed by atoms with Gasteiger partial charge in [0, 0.05) is 6.61 Å². The molecule has 0 radical (unpaired) electrons. The molecule has 0 spiro atoms. The molecule has 0 bridgehead atoms. The molecule has 1 atom stereocenters. The van der Waals surface area contributed by atoms with E-state index in [-0.39, 0.29) is 0 Å². The van der Waals surface area contributed by atoms with E-state index in [2.05, 4.69) is 5.10 Å². The van der Waals surface area contributed by atoms with Crippen LogP contribution in [0.5, 0.6) is 0 Å². The maximum atomic E-state index is 5.69. The van der Waals surface area contributed by atoms with Crippen molar-refractivity contribution in [3.8, 4) is 0 Å². The summed E-state index contributed by atoms with van der Waals surface area (Å²) in [6.07, 6.45) is 4.34. The van der Waals surface area contributed by atoms with Crippen LogP contribution in [0.4, 0.5) is 5.69 Å². The van der Waals surface area contributed by atoms with Gasteiger partial charge in [-0.2, -0.15) is 5.10 Å². The SMILES string of the molecule is Cc1c(N)cnn1CC1CCCO1. The largest absolute Gasteiger partial charge is 0.396 e. The van der Waals surface area contributed by atoms with Crippen LogP contribution in [0.15, 0.2) is 6.20 Å². The predicted molar refractivity (Wildman–Crippen MR) is 50.4 cm³/mol. The van der Waals surface area contributed by atoms with E-state index in [4.69, 9.17) is 10.5 Å². The van der Waals surface area contributed by atoms with Gasteiger partial charge in [0.2, 0.25) is 0 Å². The fraction of sp³-hybridized carbons (Fsp3) is 0.667. The third-order valence-electron chi connectivity index (χ3n) is 2.54. The number of hydrogen-bond acceptors (Lipinski definition) is 3. The van der Waals surface area contributed by atoms with E-state index < -0.39 is 0 Å². The third kappa shape index (κ3) is 1.67. The lowest BCUT2D eigenvalue weighted by Crippen LogP contribution is -2.16. The van der Waals surface area contributed by atoms with Crippen LogP contribution in [0.1, 0.15) is 18.5 Å². The van der Waals surface area contributed by atoms with Gasteiger partial charge in [0.15, 0.2) is 0 Å². The quantitative estimate of drug-likeness (QED) is 0.739. The zero-order valence-electron chi connectivity index (χ0n) is 7.86. The highest BCUT2D eigenvalue weighted by Gasteiger charge is 2.17. The van der Waals surface area contributed by atoms with Crippen LogP contribution in [0.25, 0.3) is 0 Å². The second-order valence-corrected chi connectivity index (χ2v) is 3.50. The van der Waals surface area contributed by atoms with Crippen LogP contribution in [-0.2, 0) is 11.3 Å². The van der Waals surface area contributed by atoms with Gasteiger partial charge in [-0.1, -0.05) is 0 Å². The molecule has 1 aliphatic heterocycles. The lowest BCUT2D eigenvalue weighted by Gasteiger charge is -2.10. The first-order valence-electron chi connectivity index (χ1n) is 4.67. The molecule has 1 aliphatic rings. The molecule has 2 rings (SSSR count). The van der Waals surface area contributed by atoms with E-state index in [1.165, 1.54) is 6.42 Å². The highest BCUT2D eigenvalue weighted by atomic mass is 16.5. The van der Waals surface area contributed by atoms with Crippen molar-refractivity contribution in [3.63, 3.8) is 0 Å². The van der Waals surface area contributed by atoms with Crippen molar-refractivity contribution >= 4 is 5.69 Å². The summed E-state index contributed by atoms with van der Waals surface area (Å²) in [6.45, 7) is 3.71. The average Bonchev–Trinajstić information content (AvgIpc) is 2.71. The Labute approximate surface area is 77.7 Å². The van der Waals surface area contributed by atoms with Crippen molar-refractivity contribution in [2.75, 3.05) is 12.3 Å². The Morgan fingerprint density at radius 1 is 1.77 bits per heavy atom. The first-order valence-corrected chi connectivity index (χ1v) is 4.67. The highest BCUT2D eigenvalue weighted by molar-refractivity contribution is 5.39. The number of nitrogens with zero attached hydrogens (tertiary/aromatic N) is 2. The van der Waals surface area contributed by atoms with Crippen molar-refractivity contribution in [1.29, 1.82) is 0 Å². The molecule has 4 heteroatoms. The summed E-state index contributed by atoms with van der Waals surface area (Å²) in [7, 11) is 0. The summed E-state index contributed by atoms with van der Waals surface area (Å²) < 4.78 is 7.44. The summed E-state index contributed by atoms with van der Waals surface area (Å²) in [5.41, 5.74) is 7.49. The highest BCUT2D eigenvalue weighted by Crippen LogP contribution is 2.16. The van der Waals surface area contributed by atoms with Gasteiger partial charge in [0.05, 0.1) is 30.2 Å². The Balaban J connectivity index is 2.04. The summed E-state index contributed by atoms with van der Waals surface area (Å²) in [6, 6.07) is 0. The minimum Gasteiger partial charge on any atom is -0.396 e. The second kappa shape index (κ2) is 3.38. The van der Waals surface area contributed by atoms with E-state index in [0.717, 1.165) is 31.0 Å². The second-order valence-electron chi connectivity index (χ2n) is 3.50. The third-order valence-corrected chi connectivity index (χ3v) is 2.54. The first-order chi connectivity index (χ1) is 6.27. The molecule has 72 valence electrons. The molecule has 1 saturated heterocycles. The number of ether oxygens (including phenoxy) is 1. The lowest BCUT2D eigenvalue weighted by molar-refractivity contribution is 0.0935. The molecule has 4 nitrogen and oxygen atoms in total. The van der Waals surface area contributed by atoms with Gasteiger partial charge < -0.3 is 10.5 Å². The molecule has 0 aliphatic carbocycles. The Morgan fingerprint density at radius 3 is 3.15 bits per heavy atom. The fourth-order valence-corrected chi connectivity index (χ4v) is 1.63. The molecule has 2 N–H and O–H groups in total. The molecular formula is C9H15N3O. The summed E-state index contributed by atoms with van der Waals surface area (Å²) in [5, 5.41) is 4.19. The monoisotopic (exact) mass is 181 g/mol. The van der Waals surface area contributed by atoms with Gasteiger partial charge in [-0.15, -0.1) is 0 Å². The Kier molecular flexibility index (Phi) is 2.22. The fourth-order valence-electron chi connectivity index (χ4n) is 1.63. The normalized spacial score (nSPS) is 22.4. The van der Waals surface area contributed by atoms with E-state index >= 15 is 0 Å². The molecular weight excluding hydrogens is 166 g/mol. The first kappa shape index (κ1) is 8.56. The van der Waals surface area contributed by atoms with Gasteiger partial charge in [-0.3, -0.25) is 4.68 Å². The van der Waals surface area contributed by atoms with E-state index in [9.17, 15) is 0 Å². The van der Waals surface area contributed by atoms with E-state index in [1.807, 2.05) is 11.6 Å². The van der Waals surface area contributed by atoms with Crippen LogP contribution in [0.2, 0.25) is 0 Å². The molecule has 1 aromatic heterocycles. The summed E-state index contributed by atoms with van der Waals surface area (Å²) in [5.74, 6) is 0. The molecule has 0 saturated carbocycles. The number of hydrogen-bond donors (Lipinski definition) is 1. The van der Waals surface area contributed by atoms with E-state index in [0.29, 0.717) is 6.10 Å². The maximum Gasteiger partial charge on any atom is 0.0771 e. The minimum absolute atomic E-state index is 0.331. The molecule has 0 amide bonds. The van der Waals surface area contributed by atoms with Crippen molar-refractivity contribution in [2.24, 2.45) is 0 Å². The molecule has 1 fully saturated rings. The molecule has 1 aromatic rings. The van der Waals surface area contributed by atoms with Crippen LogP contribution >= 0.6 is 0 Å². The topological polar surface area (TPSA) is 53.1 Å². The van der Waals surface area contributed by atoms with E-state index in [1.54, 1.807) is 6.20 Å². The Bertz CT molecular complexity index is 289. The van der Waals surface area contributed by atoms with Gasteiger partial charge >= 0.3 is 0 Å². The minimum atomic E-state index is 0.331. The molecule has 1 unspecified atom stereocenters.